The van der Waals surface area contributed by atoms with Crippen molar-refractivity contribution >= 4 is 0 Å². The highest BCUT2D eigenvalue weighted by atomic mass is 14.0. The normalized spacial score (nSPS) is 6.66. The quantitative estimate of drug-likeness (QED) is 0.351. The van der Waals surface area contributed by atoms with E-state index in [1.54, 1.807) is 0 Å². The zero-order valence-corrected chi connectivity index (χ0v) is 23.2. The highest BCUT2D eigenvalue weighted by molar-refractivity contribution is 5.62. The Morgan fingerprint density at radius 2 is 0.500 bits per heavy atom. The molecule has 0 aromatic heterocycles. The lowest BCUT2D eigenvalue weighted by molar-refractivity contribution is 1.48. The first kappa shape index (κ1) is 43.5. The first-order valence-electron chi connectivity index (χ1n) is 12.5. The molecular formula is C32H58. The van der Waals surface area contributed by atoms with Gasteiger partial charge in [-0.3, -0.25) is 0 Å². The zero-order valence-electron chi connectivity index (χ0n) is 23.2. The Balaban J connectivity index is -0.0000000734. The minimum absolute atomic E-state index is 0. The van der Waals surface area contributed by atoms with Crippen LogP contribution in [-0.4, -0.2) is 0 Å². The maximum atomic E-state index is 2.12. The second kappa shape index (κ2) is 46.7. The van der Waals surface area contributed by atoms with E-state index in [-0.39, 0.29) is 7.43 Å². The molecule has 0 atom stereocenters. The third-order valence-corrected chi connectivity index (χ3v) is 2.82. The van der Waals surface area contributed by atoms with Gasteiger partial charge in [-0.05, 0) is 18.1 Å². The summed E-state index contributed by atoms with van der Waals surface area (Å²) in [6.07, 6.45) is 0. The van der Waals surface area contributed by atoms with Gasteiger partial charge in [0.2, 0.25) is 0 Å². The van der Waals surface area contributed by atoms with Crippen LogP contribution in [0.25, 0.3) is 11.1 Å². The summed E-state index contributed by atoms with van der Waals surface area (Å²) in [4.78, 5) is 0. The minimum Gasteiger partial charge on any atom is -0.0776 e. The summed E-state index contributed by atoms with van der Waals surface area (Å²) in [5.74, 6) is 0. The second-order valence-electron chi connectivity index (χ2n) is 4.39. The molecule has 0 aliphatic rings. The molecule has 0 fully saturated rings. The van der Waals surface area contributed by atoms with Crippen molar-refractivity contribution in [3.63, 3.8) is 0 Å². The summed E-state index contributed by atoms with van der Waals surface area (Å²) in [6, 6.07) is 31.0. The lowest BCUT2D eigenvalue weighted by Gasteiger charge is -1.98. The first-order valence-corrected chi connectivity index (χ1v) is 12.5. The van der Waals surface area contributed by atoms with E-state index in [2.05, 4.69) is 67.6 Å². The van der Waals surface area contributed by atoms with Crippen LogP contribution in [0.15, 0.2) is 91.0 Å². The van der Waals surface area contributed by atoms with Gasteiger partial charge in [0, 0.05) is 0 Å². The van der Waals surface area contributed by atoms with Crippen LogP contribution < -0.4 is 0 Å². The predicted molar refractivity (Wildman–Crippen MR) is 158 cm³/mol. The summed E-state index contributed by atoms with van der Waals surface area (Å²) in [6.45, 7) is 26.1. The Labute approximate surface area is 205 Å². The highest BCUT2D eigenvalue weighted by Gasteiger charge is 1.91. The molecule has 0 spiro atoms. The molecule has 0 radical (unpaired) electrons. The van der Waals surface area contributed by atoms with Crippen LogP contribution in [0.1, 0.15) is 96.1 Å². The third-order valence-electron chi connectivity index (χ3n) is 2.82. The van der Waals surface area contributed by atoms with Gasteiger partial charge in [0.25, 0.3) is 0 Å². The van der Waals surface area contributed by atoms with Crippen molar-refractivity contribution in [2.24, 2.45) is 0 Å². The van der Waals surface area contributed by atoms with E-state index in [9.17, 15) is 0 Å². The van der Waals surface area contributed by atoms with Gasteiger partial charge in [0.15, 0.2) is 0 Å². The van der Waals surface area contributed by atoms with Gasteiger partial charge in [0.1, 0.15) is 0 Å². The predicted octanol–water partition coefficient (Wildman–Crippen LogP) is 12.1. The number of rotatable bonds is 1. The SMILES string of the molecule is C.CC.CC.CC.CC.CC.CC.Cc1ccccc1.c1ccc(-c2ccccc2)cc1. The fraction of sp³-hybridized carbons (Fsp3) is 0.438. The van der Waals surface area contributed by atoms with Gasteiger partial charge < -0.3 is 0 Å². The van der Waals surface area contributed by atoms with E-state index < -0.39 is 0 Å². The van der Waals surface area contributed by atoms with Crippen molar-refractivity contribution in [1.82, 2.24) is 0 Å². The zero-order chi connectivity index (χ0) is 25.3. The highest BCUT2D eigenvalue weighted by Crippen LogP contribution is 2.17. The molecule has 0 heterocycles. The molecule has 0 bridgehead atoms. The molecule has 32 heavy (non-hydrogen) atoms. The lowest BCUT2D eigenvalue weighted by Crippen LogP contribution is -1.73. The summed E-state index contributed by atoms with van der Waals surface area (Å²) in [5, 5.41) is 0. The maximum Gasteiger partial charge on any atom is -0.0184 e. The summed E-state index contributed by atoms with van der Waals surface area (Å²) in [5.41, 5.74) is 3.87. The van der Waals surface area contributed by atoms with Crippen molar-refractivity contribution in [2.45, 2.75) is 97.4 Å². The van der Waals surface area contributed by atoms with E-state index in [4.69, 9.17) is 0 Å². The van der Waals surface area contributed by atoms with Gasteiger partial charge in [-0.25, -0.2) is 0 Å². The average molecular weight is 443 g/mol. The van der Waals surface area contributed by atoms with Gasteiger partial charge in [-0.15, -0.1) is 0 Å². The standard InChI is InChI=1S/C12H10.C7H8.6C2H6.CH4/c1-3-7-11(8-4-1)12-9-5-2-6-10-12;1-7-5-3-2-4-6-7;6*1-2;/h1-10H;2-6H,1H3;6*1-2H3;1H4. The van der Waals surface area contributed by atoms with Crippen molar-refractivity contribution in [2.75, 3.05) is 0 Å². The number of hydrogen-bond acceptors (Lipinski definition) is 0. The third kappa shape index (κ3) is 29.9. The number of aryl methyl sites for hydroxylation is 1. The van der Waals surface area contributed by atoms with Gasteiger partial charge >= 0.3 is 0 Å². The van der Waals surface area contributed by atoms with Crippen molar-refractivity contribution in [3.05, 3.63) is 96.6 Å². The Morgan fingerprint density at radius 1 is 0.312 bits per heavy atom. The Kier molecular flexibility index (Phi) is 63.6. The first-order chi connectivity index (χ1) is 15.4. The van der Waals surface area contributed by atoms with Gasteiger partial charge in [-0.1, -0.05) is 187 Å². The van der Waals surface area contributed by atoms with Crippen LogP contribution in [0.5, 0.6) is 0 Å². The fourth-order valence-corrected chi connectivity index (χ4v) is 1.80. The van der Waals surface area contributed by atoms with Crippen LogP contribution in [0.4, 0.5) is 0 Å². The summed E-state index contributed by atoms with van der Waals surface area (Å²) in [7, 11) is 0. The molecular weight excluding hydrogens is 384 g/mol. The van der Waals surface area contributed by atoms with E-state index in [1.807, 2.05) is 113 Å². The van der Waals surface area contributed by atoms with Crippen molar-refractivity contribution in [1.29, 1.82) is 0 Å². The molecule has 0 N–H and O–H groups in total. The van der Waals surface area contributed by atoms with Crippen LogP contribution in [0.3, 0.4) is 0 Å². The minimum atomic E-state index is 0. The smallest absolute Gasteiger partial charge is 0.0184 e. The molecule has 0 heteroatoms. The summed E-state index contributed by atoms with van der Waals surface area (Å²) < 4.78 is 0. The molecule has 3 aromatic rings. The van der Waals surface area contributed by atoms with Gasteiger partial charge in [0.05, 0.1) is 0 Å². The van der Waals surface area contributed by atoms with Gasteiger partial charge in [-0.2, -0.15) is 0 Å². The fourth-order valence-electron chi connectivity index (χ4n) is 1.80. The van der Waals surface area contributed by atoms with Crippen molar-refractivity contribution < 1.29 is 0 Å². The van der Waals surface area contributed by atoms with Crippen LogP contribution in [0, 0.1) is 6.92 Å². The van der Waals surface area contributed by atoms with E-state index in [0.717, 1.165) is 0 Å². The molecule has 0 unspecified atom stereocenters. The maximum absolute atomic E-state index is 2.12. The average Bonchev–Trinajstić information content (AvgIpc) is 2.93. The Bertz CT molecular complexity index is 531. The second-order valence-corrected chi connectivity index (χ2v) is 4.39. The molecule has 0 aliphatic heterocycles. The van der Waals surface area contributed by atoms with E-state index >= 15 is 0 Å². The monoisotopic (exact) mass is 442 g/mol. The largest absolute Gasteiger partial charge is 0.0776 e. The number of benzene rings is 3. The number of hydrogen-bond donors (Lipinski definition) is 0. The summed E-state index contributed by atoms with van der Waals surface area (Å²) >= 11 is 0. The molecule has 0 nitrogen and oxygen atoms in total. The molecule has 3 rings (SSSR count). The Hall–Kier alpha value is -2.34. The lowest BCUT2D eigenvalue weighted by atomic mass is 10.1. The van der Waals surface area contributed by atoms with Crippen molar-refractivity contribution in [3.8, 4) is 11.1 Å². The van der Waals surface area contributed by atoms with E-state index in [0.29, 0.717) is 0 Å². The molecule has 0 saturated heterocycles. The Morgan fingerprint density at radius 3 is 0.656 bits per heavy atom. The molecule has 0 aliphatic carbocycles. The van der Waals surface area contributed by atoms with Crippen LogP contribution >= 0.6 is 0 Å². The molecule has 3 aromatic carbocycles. The van der Waals surface area contributed by atoms with E-state index in [1.165, 1.54) is 16.7 Å². The van der Waals surface area contributed by atoms with Crippen LogP contribution in [-0.2, 0) is 0 Å². The topological polar surface area (TPSA) is 0 Å². The molecule has 0 saturated carbocycles. The molecule has 186 valence electrons. The van der Waals surface area contributed by atoms with Crippen LogP contribution in [0.2, 0.25) is 0 Å². The molecule has 0 amide bonds.